The molecule has 0 atom stereocenters. The molecule has 0 radical (unpaired) electrons. The third-order valence-corrected chi connectivity index (χ3v) is 6.83. The van der Waals surface area contributed by atoms with Gasteiger partial charge >= 0.3 is 0 Å². The molecule has 0 aliphatic carbocycles. The normalized spacial score (nSPS) is 14.2. The number of carbonyl (C=O) groups is 1. The lowest BCUT2D eigenvalue weighted by Crippen LogP contribution is -2.30. The number of benzene rings is 1. The van der Waals surface area contributed by atoms with Crippen molar-refractivity contribution in [2.45, 2.75) is 39.0 Å². The monoisotopic (exact) mass is 444 g/mol. The maximum Gasteiger partial charge on any atom is 0.263 e. The number of aromatic nitrogens is 1. The largest absolute Gasteiger partial charge is 0.397 e. The van der Waals surface area contributed by atoms with Crippen molar-refractivity contribution < 1.29 is 13.6 Å². The summed E-state index contributed by atoms with van der Waals surface area (Å²) in [5, 5.41) is 3.52. The van der Waals surface area contributed by atoms with Gasteiger partial charge in [0.1, 0.15) is 21.3 Å². The fourth-order valence-corrected chi connectivity index (χ4v) is 4.97. The maximum atomic E-state index is 14.6. The Bertz CT molecular complexity index is 1110. The maximum absolute atomic E-state index is 14.6. The zero-order chi connectivity index (χ0) is 22.0. The van der Waals surface area contributed by atoms with Crippen molar-refractivity contribution in [2.24, 2.45) is 0 Å². The van der Waals surface area contributed by atoms with Crippen molar-refractivity contribution in [3.63, 3.8) is 0 Å². The zero-order valence-electron chi connectivity index (χ0n) is 17.5. The molecule has 0 spiro atoms. The molecule has 164 valence electrons. The highest BCUT2D eigenvalue weighted by Crippen LogP contribution is 2.32. The van der Waals surface area contributed by atoms with E-state index in [2.05, 4.69) is 10.3 Å². The van der Waals surface area contributed by atoms with Crippen LogP contribution in [0, 0.1) is 11.6 Å². The minimum atomic E-state index is -0.450. The van der Waals surface area contributed by atoms with E-state index in [1.807, 2.05) is 24.0 Å². The Kier molecular flexibility index (Phi) is 6.36. The van der Waals surface area contributed by atoms with Gasteiger partial charge in [-0.1, -0.05) is 6.92 Å². The first-order valence-electron chi connectivity index (χ1n) is 10.7. The van der Waals surface area contributed by atoms with Crippen LogP contribution < -0.4 is 16.0 Å². The molecule has 0 saturated carbocycles. The molecule has 8 heteroatoms. The number of aryl methyl sites for hydroxylation is 1. The quantitative estimate of drug-likeness (QED) is 0.579. The summed E-state index contributed by atoms with van der Waals surface area (Å²) in [6, 6.07) is 6.30. The molecule has 2 aromatic heterocycles. The molecule has 3 heterocycles. The van der Waals surface area contributed by atoms with E-state index in [-0.39, 0.29) is 24.4 Å². The fraction of sp³-hybridized carbons (Fsp3) is 0.391. The molecule has 1 aliphatic rings. The molecule has 1 fully saturated rings. The van der Waals surface area contributed by atoms with Crippen molar-refractivity contribution in [1.29, 1.82) is 0 Å². The van der Waals surface area contributed by atoms with Crippen molar-refractivity contribution in [3.05, 3.63) is 52.0 Å². The van der Waals surface area contributed by atoms with E-state index >= 15 is 0 Å². The van der Waals surface area contributed by atoms with E-state index in [4.69, 9.17) is 5.73 Å². The lowest BCUT2D eigenvalue weighted by molar-refractivity contribution is 0.0959. The Hall–Kier alpha value is -2.74. The lowest BCUT2D eigenvalue weighted by atomic mass is 10.1. The predicted molar refractivity (Wildman–Crippen MR) is 122 cm³/mol. The second-order valence-electron chi connectivity index (χ2n) is 7.80. The van der Waals surface area contributed by atoms with Crippen LogP contribution in [0.15, 0.2) is 24.3 Å². The van der Waals surface area contributed by atoms with Gasteiger partial charge in [-0.15, -0.1) is 11.3 Å². The number of rotatable bonds is 6. The number of anilines is 2. The lowest BCUT2D eigenvalue weighted by Gasteiger charge is -2.29. The molecule has 1 saturated heterocycles. The Morgan fingerprint density at radius 3 is 2.71 bits per heavy atom. The molecule has 0 bridgehead atoms. The van der Waals surface area contributed by atoms with E-state index < -0.39 is 11.6 Å². The van der Waals surface area contributed by atoms with Gasteiger partial charge in [0, 0.05) is 36.8 Å². The van der Waals surface area contributed by atoms with Gasteiger partial charge < -0.3 is 16.0 Å². The first-order valence-corrected chi connectivity index (χ1v) is 11.5. The van der Waals surface area contributed by atoms with Gasteiger partial charge in [0.25, 0.3) is 5.91 Å². The molecule has 3 aromatic rings. The molecule has 3 N–H and O–H groups in total. The molecule has 4 rings (SSSR count). The Morgan fingerprint density at radius 2 is 1.97 bits per heavy atom. The van der Waals surface area contributed by atoms with Gasteiger partial charge in [0.15, 0.2) is 0 Å². The Balaban J connectivity index is 1.42. The minimum Gasteiger partial charge on any atom is -0.397 e. The molecule has 5 nitrogen and oxygen atoms in total. The molecule has 1 aromatic carbocycles. The first-order chi connectivity index (χ1) is 15.0. The number of nitrogens with one attached hydrogen (secondary N) is 1. The van der Waals surface area contributed by atoms with Crippen LogP contribution in [0.25, 0.3) is 10.2 Å². The molecule has 31 heavy (non-hydrogen) atoms. The SMILES string of the molecule is CCc1ccc2c(N)c(C(=O)NCCc3cc(F)c(N4CCCCC4)cc3F)sc2n1. The smallest absolute Gasteiger partial charge is 0.263 e. The Labute approximate surface area is 184 Å². The standard InChI is InChI=1S/C23H26F2N4OS/c1-2-15-6-7-16-20(26)21(31-23(16)28-15)22(30)27-9-8-14-12-18(25)19(13-17(14)24)29-10-4-3-5-11-29/h6-7,12-13H,2-5,8-11,26H2,1H3,(H,27,30). The van der Waals surface area contributed by atoms with Crippen LogP contribution in [-0.4, -0.2) is 30.5 Å². The second kappa shape index (κ2) is 9.18. The van der Waals surface area contributed by atoms with Crippen LogP contribution in [0.5, 0.6) is 0 Å². The first kappa shape index (κ1) is 21.5. The van der Waals surface area contributed by atoms with Crippen LogP contribution in [0.1, 0.15) is 47.1 Å². The summed E-state index contributed by atoms with van der Waals surface area (Å²) < 4.78 is 29.2. The average Bonchev–Trinajstić information content (AvgIpc) is 3.12. The highest BCUT2D eigenvalue weighted by molar-refractivity contribution is 7.21. The summed E-state index contributed by atoms with van der Waals surface area (Å²) in [7, 11) is 0. The number of piperidine rings is 1. The minimum absolute atomic E-state index is 0.180. The van der Waals surface area contributed by atoms with Gasteiger partial charge in [0.05, 0.1) is 11.4 Å². The van der Waals surface area contributed by atoms with Crippen LogP contribution in [-0.2, 0) is 12.8 Å². The summed E-state index contributed by atoms with van der Waals surface area (Å²) in [5.41, 5.74) is 8.04. The number of amides is 1. The number of nitrogens with two attached hydrogens (primary N) is 1. The average molecular weight is 445 g/mol. The number of nitrogen functional groups attached to an aromatic ring is 1. The summed E-state index contributed by atoms with van der Waals surface area (Å²) in [6.45, 7) is 3.69. The summed E-state index contributed by atoms with van der Waals surface area (Å²) in [4.78, 5) is 20.1. The van der Waals surface area contributed by atoms with Crippen LogP contribution in [0.4, 0.5) is 20.2 Å². The highest BCUT2D eigenvalue weighted by Gasteiger charge is 2.19. The van der Waals surface area contributed by atoms with Crippen LogP contribution in [0.2, 0.25) is 0 Å². The van der Waals surface area contributed by atoms with Crippen molar-refractivity contribution in [2.75, 3.05) is 30.3 Å². The van der Waals surface area contributed by atoms with Crippen LogP contribution >= 0.6 is 11.3 Å². The summed E-state index contributed by atoms with van der Waals surface area (Å²) in [5.74, 6) is -1.20. The number of pyridine rings is 1. The van der Waals surface area contributed by atoms with Crippen molar-refractivity contribution in [3.8, 4) is 0 Å². The van der Waals surface area contributed by atoms with Gasteiger partial charge in [-0.25, -0.2) is 13.8 Å². The number of halogens is 2. The molecule has 0 unspecified atom stereocenters. The molecular weight excluding hydrogens is 418 g/mol. The molecule has 1 amide bonds. The molecular formula is C23H26F2N4OS. The number of hydrogen-bond donors (Lipinski definition) is 2. The fourth-order valence-electron chi connectivity index (χ4n) is 3.94. The number of thiophene rings is 1. The van der Waals surface area contributed by atoms with E-state index in [1.54, 1.807) is 0 Å². The zero-order valence-corrected chi connectivity index (χ0v) is 18.3. The van der Waals surface area contributed by atoms with E-state index in [0.717, 1.165) is 54.7 Å². The van der Waals surface area contributed by atoms with E-state index in [0.29, 0.717) is 16.3 Å². The van der Waals surface area contributed by atoms with E-state index in [1.165, 1.54) is 23.5 Å². The predicted octanol–water partition coefficient (Wildman–Crippen LogP) is 4.68. The molecule has 1 aliphatic heterocycles. The third-order valence-electron chi connectivity index (χ3n) is 5.71. The van der Waals surface area contributed by atoms with E-state index in [9.17, 15) is 13.6 Å². The van der Waals surface area contributed by atoms with Gasteiger partial charge in [-0.2, -0.15) is 0 Å². The third kappa shape index (κ3) is 4.49. The number of fused-ring (bicyclic) bond motifs is 1. The van der Waals surface area contributed by atoms with Gasteiger partial charge in [-0.3, -0.25) is 4.79 Å². The van der Waals surface area contributed by atoms with Crippen molar-refractivity contribution >= 4 is 38.8 Å². The number of carbonyl (C=O) groups excluding carboxylic acids is 1. The van der Waals surface area contributed by atoms with Crippen molar-refractivity contribution in [1.82, 2.24) is 10.3 Å². The number of hydrogen-bond acceptors (Lipinski definition) is 5. The van der Waals surface area contributed by atoms with Crippen LogP contribution in [0.3, 0.4) is 0 Å². The van der Waals surface area contributed by atoms with Gasteiger partial charge in [-0.05, 0) is 55.9 Å². The summed E-state index contributed by atoms with van der Waals surface area (Å²) >= 11 is 1.24. The second-order valence-corrected chi connectivity index (χ2v) is 8.80. The topological polar surface area (TPSA) is 71.2 Å². The highest BCUT2D eigenvalue weighted by atomic mass is 32.1. The summed E-state index contributed by atoms with van der Waals surface area (Å²) in [6.07, 6.45) is 4.10. The Morgan fingerprint density at radius 1 is 1.19 bits per heavy atom. The number of nitrogens with zero attached hydrogens (tertiary/aromatic N) is 2. The van der Waals surface area contributed by atoms with Gasteiger partial charge in [0.2, 0.25) is 0 Å².